The Hall–Kier alpha value is -1.05. The Labute approximate surface area is 123 Å². The average Bonchev–Trinajstić information content (AvgIpc) is 2.38. The Bertz CT molecular complexity index is 516. The summed E-state index contributed by atoms with van der Waals surface area (Å²) in [7, 11) is -3.66. The van der Waals surface area contributed by atoms with Gasteiger partial charge in [-0.15, -0.1) is 0 Å². The van der Waals surface area contributed by atoms with Crippen LogP contribution in [0.1, 0.15) is 18.9 Å². The first kappa shape index (κ1) is 17.0. The fourth-order valence-corrected chi connectivity index (χ4v) is 3.69. The second-order valence-electron chi connectivity index (χ2n) is 4.24. The highest BCUT2D eigenvalue weighted by Gasteiger charge is 2.23. The Kier molecular flexibility index (Phi) is 7.04. The van der Waals surface area contributed by atoms with Gasteiger partial charge in [-0.05, 0) is 23.5 Å². The quantitative estimate of drug-likeness (QED) is 0.677. The minimum Gasteiger partial charge on any atom is -0.480 e. The predicted octanol–water partition coefficient (Wildman–Crippen LogP) is 1.70. The van der Waals surface area contributed by atoms with Gasteiger partial charge in [0.05, 0.1) is 5.75 Å². The lowest BCUT2D eigenvalue weighted by atomic mass is 10.2. The largest absolute Gasteiger partial charge is 0.480 e. The number of benzene rings is 1. The number of aliphatic carboxylic acids is 1. The van der Waals surface area contributed by atoms with E-state index in [1.54, 1.807) is 42.1 Å². The normalized spacial score (nSPS) is 13.1. The van der Waals surface area contributed by atoms with Crippen molar-refractivity contribution in [2.24, 2.45) is 0 Å². The summed E-state index contributed by atoms with van der Waals surface area (Å²) >= 11 is 1.59. The fourth-order valence-electron chi connectivity index (χ4n) is 1.63. The minimum absolute atomic E-state index is 0.210. The Morgan fingerprint density at radius 3 is 2.55 bits per heavy atom. The molecule has 0 saturated heterocycles. The number of carboxylic acid groups (broad SMARTS) is 1. The number of carbonyl (C=O) groups is 1. The van der Waals surface area contributed by atoms with Gasteiger partial charge in [0.25, 0.3) is 0 Å². The maximum Gasteiger partial charge on any atom is 0.321 e. The molecule has 20 heavy (non-hydrogen) atoms. The summed E-state index contributed by atoms with van der Waals surface area (Å²) in [6, 6.07) is 7.62. The lowest BCUT2D eigenvalue weighted by Crippen LogP contribution is -2.41. The van der Waals surface area contributed by atoms with Gasteiger partial charge in [-0.3, -0.25) is 4.79 Å². The van der Waals surface area contributed by atoms with Crippen LogP contribution in [0, 0.1) is 0 Å². The van der Waals surface area contributed by atoms with Crippen LogP contribution in [0.3, 0.4) is 0 Å². The van der Waals surface area contributed by atoms with Crippen molar-refractivity contribution in [3.8, 4) is 0 Å². The molecule has 1 atom stereocenters. The molecule has 0 fully saturated rings. The zero-order valence-corrected chi connectivity index (χ0v) is 12.9. The van der Waals surface area contributed by atoms with Crippen LogP contribution in [-0.4, -0.2) is 37.0 Å². The lowest BCUT2D eigenvalue weighted by Gasteiger charge is -2.14. The number of rotatable bonds is 9. The zero-order valence-electron chi connectivity index (χ0n) is 11.3. The van der Waals surface area contributed by atoms with Crippen LogP contribution in [0.25, 0.3) is 0 Å². The Balaban J connectivity index is 2.64. The van der Waals surface area contributed by atoms with Crippen molar-refractivity contribution in [3.63, 3.8) is 0 Å². The molecule has 0 unspecified atom stereocenters. The highest BCUT2D eigenvalue weighted by molar-refractivity contribution is 7.99. The third-order valence-corrected chi connectivity index (χ3v) is 4.86. The van der Waals surface area contributed by atoms with Crippen molar-refractivity contribution in [3.05, 3.63) is 35.9 Å². The third kappa shape index (κ3) is 6.40. The van der Waals surface area contributed by atoms with E-state index in [0.717, 1.165) is 5.75 Å². The molecule has 1 aromatic rings. The second kappa shape index (κ2) is 8.28. The van der Waals surface area contributed by atoms with Gasteiger partial charge in [-0.25, -0.2) is 13.1 Å². The fraction of sp³-hybridized carbons (Fsp3) is 0.462. The summed E-state index contributed by atoms with van der Waals surface area (Å²) in [6.45, 7) is 1.97. The molecule has 1 aromatic carbocycles. The van der Waals surface area contributed by atoms with Gasteiger partial charge in [0.2, 0.25) is 10.0 Å². The molecular weight excluding hydrogens is 298 g/mol. The molecule has 0 bridgehead atoms. The van der Waals surface area contributed by atoms with E-state index in [2.05, 4.69) is 4.72 Å². The number of sulfonamides is 1. The van der Waals surface area contributed by atoms with E-state index in [4.69, 9.17) is 5.11 Å². The first-order chi connectivity index (χ1) is 9.44. The van der Waals surface area contributed by atoms with E-state index in [0.29, 0.717) is 11.3 Å². The topological polar surface area (TPSA) is 83.5 Å². The molecule has 0 aromatic heterocycles. The molecule has 7 heteroatoms. The molecule has 0 aliphatic heterocycles. The van der Waals surface area contributed by atoms with Crippen LogP contribution < -0.4 is 4.72 Å². The van der Waals surface area contributed by atoms with Gasteiger partial charge < -0.3 is 5.11 Å². The van der Waals surface area contributed by atoms with E-state index >= 15 is 0 Å². The highest BCUT2D eigenvalue weighted by Crippen LogP contribution is 2.08. The lowest BCUT2D eigenvalue weighted by molar-refractivity contribution is -0.139. The van der Waals surface area contributed by atoms with E-state index in [-0.39, 0.29) is 12.2 Å². The Morgan fingerprint density at radius 2 is 2.00 bits per heavy atom. The molecule has 0 aliphatic rings. The third-order valence-electron chi connectivity index (χ3n) is 2.57. The molecule has 1 rings (SSSR count). The number of nitrogens with one attached hydrogen (secondary N) is 1. The molecule has 112 valence electrons. The number of carboxylic acids is 1. The van der Waals surface area contributed by atoms with Crippen molar-refractivity contribution in [2.75, 3.05) is 11.5 Å². The summed E-state index contributed by atoms with van der Waals surface area (Å²) in [5, 5.41) is 9.07. The maximum absolute atomic E-state index is 12.0. The number of hydrogen-bond donors (Lipinski definition) is 2. The minimum atomic E-state index is -3.66. The van der Waals surface area contributed by atoms with Crippen LogP contribution in [0.4, 0.5) is 0 Å². The average molecular weight is 317 g/mol. The van der Waals surface area contributed by atoms with Crippen LogP contribution in [0.5, 0.6) is 0 Å². The summed E-state index contributed by atoms with van der Waals surface area (Å²) in [5.74, 6) is 0.140. The smallest absolute Gasteiger partial charge is 0.321 e. The first-order valence-corrected chi connectivity index (χ1v) is 9.10. The predicted molar refractivity (Wildman–Crippen MR) is 81.2 cm³/mol. The zero-order chi connectivity index (χ0) is 15.0. The molecule has 0 radical (unpaired) electrons. The van der Waals surface area contributed by atoms with Crippen molar-refractivity contribution in [2.45, 2.75) is 25.1 Å². The number of thioether (sulfide) groups is 1. The van der Waals surface area contributed by atoms with Gasteiger partial charge in [0, 0.05) is 0 Å². The van der Waals surface area contributed by atoms with Gasteiger partial charge in [0.15, 0.2) is 0 Å². The summed E-state index contributed by atoms with van der Waals surface area (Å²) in [6.07, 6.45) is 0.280. The van der Waals surface area contributed by atoms with E-state index in [1.165, 1.54) is 0 Å². The van der Waals surface area contributed by atoms with E-state index in [9.17, 15) is 13.2 Å². The monoisotopic (exact) mass is 317 g/mol. The molecule has 0 aliphatic carbocycles. The van der Waals surface area contributed by atoms with Crippen molar-refractivity contribution < 1.29 is 18.3 Å². The molecule has 5 nitrogen and oxygen atoms in total. The van der Waals surface area contributed by atoms with E-state index < -0.39 is 22.0 Å². The SMILES string of the molecule is CCSCC[C@H](NS(=O)(=O)Cc1ccccc1)C(=O)O. The van der Waals surface area contributed by atoms with Gasteiger partial charge >= 0.3 is 5.97 Å². The van der Waals surface area contributed by atoms with Crippen molar-refractivity contribution in [1.82, 2.24) is 4.72 Å². The van der Waals surface area contributed by atoms with Crippen LogP contribution in [0.2, 0.25) is 0 Å². The van der Waals surface area contributed by atoms with Gasteiger partial charge in [0.1, 0.15) is 6.04 Å². The van der Waals surface area contributed by atoms with Gasteiger partial charge in [-0.1, -0.05) is 37.3 Å². The Morgan fingerprint density at radius 1 is 1.35 bits per heavy atom. The molecule has 2 N–H and O–H groups in total. The van der Waals surface area contributed by atoms with Crippen molar-refractivity contribution in [1.29, 1.82) is 0 Å². The molecule has 0 heterocycles. The molecule has 0 saturated carbocycles. The maximum atomic E-state index is 12.0. The number of hydrogen-bond acceptors (Lipinski definition) is 4. The standard InChI is InChI=1S/C13H19NO4S2/c1-2-19-9-8-12(13(15)16)14-20(17,18)10-11-6-4-3-5-7-11/h3-7,12,14H,2,8-10H2,1H3,(H,15,16)/t12-/m0/s1. The summed E-state index contributed by atoms with van der Waals surface area (Å²) in [4.78, 5) is 11.1. The molecule has 0 spiro atoms. The van der Waals surface area contributed by atoms with Crippen LogP contribution in [-0.2, 0) is 20.6 Å². The second-order valence-corrected chi connectivity index (χ2v) is 7.39. The molecular formula is C13H19NO4S2. The van der Waals surface area contributed by atoms with Crippen LogP contribution >= 0.6 is 11.8 Å². The van der Waals surface area contributed by atoms with Crippen molar-refractivity contribution >= 4 is 27.8 Å². The first-order valence-electron chi connectivity index (χ1n) is 6.29. The highest BCUT2D eigenvalue weighted by atomic mass is 32.2. The summed E-state index contributed by atoms with van der Waals surface area (Å²) in [5.41, 5.74) is 0.632. The van der Waals surface area contributed by atoms with E-state index in [1.807, 2.05) is 6.92 Å². The van der Waals surface area contributed by atoms with Gasteiger partial charge in [-0.2, -0.15) is 11.8 Å². The summed E-state index contributed by atoms with van der Waals surface area (Å²) < 4.78 is 26.2. The van der Waals surface area contributed by atoms with Crippen LogP contribution in [0.15, 0.2) is 30.3 Å². The molecule has 0 amide bonds.